The van der Waals surface area contributed by atoms with Crippen LogP contribution in [0, 0.1) is 0 Å². The van der Waals surface area contributed by atoms with Crippen molar-refractivity contribution in [3.05, 3.63) is 125 Å². The number of ether oxygens (including phenoxy) is 1. The Hall–Kier alpha value is -4.07. The van der Waals surface area contributed by atoms with Gasteiger partial charge < -0.3 is 10.1 Å². The van der Waals surface area contributed by atoms with Crippen LogP contribution in [-0.4, -0.2) is 33.7 Å². The van der Waals surface area contributed by atoms with Crippen LogP contribution in [0.4, 0.5) is 11.4 Å². The maximum atomic E-state index is 14.0. The zero-order valence-corrected chi connectivity index (χ0v) is 24.1. The first kappa shape index (κ1) is 28.5. The molecule has 0 unspecified atom stereocenters. The van der Waals surface area contributed by atoms with E-state index in [2.05, 4.69) is 5.32 Å². The summed E-state index contributed by atoms with van der Waals surface area (Å²) >= 11 is 7.40. The number of rotatable bonds is 9. The zero-order chi connectivity index (χ0) is 28.6. The van der Waals surface area contributed by atoms with Crippen molar-refractivity contribution in [3.8, 4) is 5.75 Å². The largest absolute Gasteiger partial charge is 0.494 e. The number of carbonyl (C=O) groups excluding carboxylic acids is 2. The molecular formula is C33H30ClN3O3S. The fourth-order valence-corrected chi connectivity index (χ4v) is 5.79. The van der Waals surface area contributed by atoms with Crippen LogP contribution in [0.1, 0.15) is 36.9 Å². The predicted octanol–water partition coefficient (Wildman–Crippen LogP) is 7.88. The molecule has 1 aliphatic rings. The Morgan fingerprint density at radius 2 is 1.56 bits per heavy atom. The van der Waals surface area contributed by atoms with Crippen molar-refractivity contribution in [3.63, 3.8) is 0 Å². The summed E-state index contributed by atoms with van der Waals surface area (Å²) in [5.74, 6) is 0.301. The number of hydrogen-bond donors (Lipinski definition) is 1. The highest BCUT2D eigenvalue weighted by atomic mass is 35.5. The normalized spacial score (nSPS) is 16.2. The molecule has 0 aliphatic carbocycles. The van der Waals surface area contributed by atoms with Crippen LogP contribution in [0.3, 0.4) is 0 Å². The lowest BCUT2D eigenvalue weighted by Gasteiger charge is -2.38. The van der Waals surface area contributed by atoms with E-state index in [4.69, 9.17) is 21.3 Å². The summed E-state index contributed by atoms with van der Waals surface area (Å²) < 4.78 is 5.64. The summed E-state index contributed by atoms with van der Waals surface area (Å²) in [6.45, 7) is 2.68. The Morgan fingerprint density at radius 3 is 2.15 bits per heavy atom. The molecule has 1 heterocycles. The highest BCUT2D eigenvalue weighted by molar-refractivity contribution is 8.15. The van der Waals surface area contributed by atoms with Gasteiger partial charge in [-0.2, -0.15) is 0 Å². The molecule has 208 valence electrons. The third-order valence-electron chi connectivity index (χ3n) is 6.51. The monoisotopic (exact) mass is 583 g/mol. The summed E-state index contributed by atoms with van der Waals surface area (Å²) in [6, 6.07) is 33.7. The second kappa shape index (κ2) is 13.5. The minimum Gasteiger partial charge on any atom is -0.494 e. The molecule has 0 spiro atoms. The first-order valence-corrected chi connectivity index (χ1v) is 14.7. The smallest absolute Gasteiger partial charge is 0.238 e. The van der Waals surface area contributed by atoms with Gasteiger partial charge in [-0.3, -0.25) is 14.5 Å². The van der Waals surface area contributed by atoms with Gasteiger partial charge in [0.1, 0.15) is 11.0 Å². The average Bonchev–Trinajstić information content (AvgIpc) is 3.00. The molecule has 1 aliphatic heterocycles. The second-order valence-electron chi connectivity index (χ2n) is 9.53. The van der Waals surface area contributed by atoms with Crippen LogP contribution in [-0.2, 0) is 9.59 Å². The topological polar surface area (TPSA) is 71.0 Å². The van der Waals surface area contributed by atoms with Gasteiger partial charge in [-0.1, -0.05) is 91.0 Å². The van der Waals surface area contributed by atoms with Crippen LogP contribution in [0.5, 0.6) is 5.75 Å². The van der Waals surface area contributed by atoms with E-state index in [1.807, 2.05) is 79.7 Å². The van der Waals surface area contributed by atoms with Crippen molar-refractivity contribution in [2.75, 3.05) is 11.9 Å². The number of hydrogen-bond acceptors (Lipinski definition) is 5. The van der Waals surface area contributed by atoms with Gasteiger partial charge in [-0.15, -0.1) is 0 Å². The fourth-order valence-electron chi connectivity index (χ4n) is 4.53. The predicted molar refractivity (Wildman–Crippen MR) is 167 cm³/mol. The molecule has 1 saturated heterocycles. The lowest BCUT2D eigenvalue weighted by Crippen LogP contribution is -2.47. The van der Waals surface area contributed by atoms with E-state index in [1.165, 1.54) is 11.8 Å². The van der Waals surface area contributed by atoms with Gasteiger partial charge in [0.25, 0.3) is 0 Å². The Labute approximate surface area is 249 Å². The lowest BCUT2D eigenvalue weighted by atomic mass is 9.97. The molecule has 0 radical (unpaired) electrons. The van der Waals surface area contributed by atoms with Crippen LogP contribution in [0.15, 0.2) is 114 Å². The fraction of sp³-hybridized carbons (Fsp3) is 0.182. The van der Waals surface area contributed by atoms with E-state index in [9.17, 15) is 9.59 Å². The van der Waals surface area contributed by atoms with Crippen molar-refractivity contribution in [1.82, 2.24) is 4.90 Å². The summed E-state index contributed by atoms with van der Waals surface area (Å²) in [7, 11) is 0. The number of halogens is 1. The minimum atomic E-state index is -0.659. The molecule has 0 aromatic heterocycles. The molecule has 0 bridgehead atoms. The van der Waals surface area contributed by atoms with Gasteiger partial charge in [0.2, 0.25) is 11.8 Å². The van der Waals surface area contributed by atoms with E-state index in [0.717, 1.165) is 23.3 Å². The van der Waals surface area contributed by atoms with Crippen molar-refractivity contribution >= 4 is 51.7 Å². The van der Waals surface area contributed by atoms with E-state index >= 15 is 0 Å². The number of thioether (sulfide) groups is 1. The third kappa shape index (κ3) is 7.17. The van der Waals surface area contributed by atoms with Crippen molar-refractivity contribution in [2.45, 2.75) is 31.1 Å². The van der Waals surface area contributed by atoms with Gasteiger partial charge in [0, 0.05) is 17.1 Å². The van der Waals surface area contributed by atoms with E-state index in [1.54, 1.807) is 41.3 Å². The molecule has 41 heavy (non-hydrogen) atoms. The van der Waals surface area contributed by atoms with Crippen LogP contribution >= 0.6 is 23.4 Å². The Morgan fingerprint density at radius 1 is 0.951 bits per heavy atom. The number of nitrogens with zero attached hydrogens (tertiary/aromatic N) is 2. The lowest BCUT2D eigenvalue weighted by molar-refractivity contribution is -0.130. The van der Waals surface area contributed by atoms with E-state index in [-0.39, 0.29) is 18.2 Å². The molecule has 8 heteroatoms. The average molecular weight is 584 g/mol. The molecule has 4 aromatic carbocycles. The SMILES string of the molecule is CCCOc1ccc(NC(=O)[C@H]2CC(=O)N(C(c3ccccc3)c3ccccc3)C(=Nc3ccc(Cl)cc3)S2)cc1. The molecule has 2 amide bonds. The van der Waals surface area contributed by atoms with Crippen LogP contribution in [0.2, 0.25) is 5.02 Å². The summed E-state index contributed by atoms with van der Waals surface area (Å²) in [6.07, 6.45) is 0.946. The molecule has 5 rings (SSSR count). The van der Waals surface area contributed by atoms with Gasteiger partial charge >= 0.3 is 0 Å². The van der Waals surface area contributed by atoms with Gasteiger partial charge in [-0.05, 0) is 66.1 Å². The number of aliphatic imine (C=N–C) groups is 1. The Kier molecular flexibility index (Phi) is 9.39. The summed E-state index contributed by atoms with van der Waals surface area (Å²) in [5.41, 5.74) is 3.17. The minimum absolute atomic E-state index is 0.0317. The molecule has 1 fully saturated rings. The standard InChI is InChI=1S/C33H30ClN3O3S/c1-2-21-40-28-19-17-26(18-20-28)35-32(39)29-22-30(38)37(33(41-29)36-27-15-13-25(34)14-16-27)31(23-9-5-3-6-10-23)24-11-7-4-8-12-24/h3-20,29,31H,2,21-22H2,1H3,(H,35,39)/t29-/m1/s1. The molecule has 6 nitrogen and oxygen atoms in total. The van der Waals surface area contributed by atoms with Gasteiger partial charge in [0.05, 0.1) is 18.3 Å². The third-order valence-corrected chi connectivity index (χ3v) is 7.93. The number of anilines is 1. The van der Waals surface area contributed by atoms with Crippen molar-refractivity contribution in [2.24, 2.45) is 4.99 Å². The molecule has 4 aromatic rings. The number of nitrogens with one attached hydrogen (secondary N) is 1. The molecule has 1 atom stereocenters. The molecular weight excluding hydrogens is 554 g/mol. The summed E-state index contributed by atoms with van der Waals surface area (Å²) in [5, 5.41) is 3.34. The maximum Gasteiger partial charge on any atom is 0.238 e. The van der Waals surface area contributed by atoms with Gasteiger partial charge in [0.15, 0.2) is 5.17 Å². The van der Waals surface area contributed by atoms with Crippen molar-refractivity contribution < 1.29 is 14.3 Å². The van der Waals surface area contributed by atoms with E-state index in [0.29, 0.717) is 28.2 Å². The first-order valence-electron chi connectivity index (χ1n) is 13.5. The highest BCUT2D eigenvalue weighted by Gasteiger charge is 2.40. The van der Waals surface area contributed by atoms with Crippen LogP contribution < -0.4 is 10.1 Å². The number of amidine groups is 1. The Balaban J connectivity index is 1.47. The number of carbonyl (C=O) groups is 2. The maximum absolute atomic E-state index is 14.0. The molecule has 1 N–H and O–H groups in total. The van der Waals surface area contributed by atoms with Crippen LogP contribution in [0.25, 0.3) is 0 Å². The summed E-state index contributed by atoms with van der Waals surface area (Å²) in [4.78, 5) is 34.0. The Bertz CT molecular complexity index is 1460. The van der Waals surface area contributed by atoms with Gasteiger partial charge in [-0.25, -0.2) is 4.99 Å². The highest BCUT2D eigenvalue weighted by Crippen LogP contribution is 2.38. The number of amides is 2. The van der Waals surface area contributed by atoms with Crippen molar-refractivity contribution in [1.29, 1.82) is 0 Å². The first-order chi connectivity index (χ1) is 20.0. The molecule has 0 saturated carbocycles. The van der Waals surface area contributed by atoms with E-state index < -0.39 is 11.3 Å². The number of benzene rings is 4. The second-order valence-corrected chi connectivity index (χ2v) is 11.1. The quantitative estimate of drug-likeness (QED) is 0.217. The zero-order valence-electron chi connectivity index (χ0n) is 22.6.